The van der Waals surface area contributed by atoms with Gasteiger partial charge in [-0.25, -0.2) is 19.2 Å². The Morgan fingerprint density at radius 1 is 1.12 bits per heavy atom. The zero-order valence-corrected chi connectivity index (χ0v) is 9.94. The number of pyridine rings is 1. The van der Waals surface area contributed by atoms with E-state index in [2.05, 4.69) is 19.7 Å². The second-order valence-corrected chi connectivity index (χ2v) is 4.06. The zero-order chi connectivity index (χ0) is 12.3. The molecular weight excluding hydrogens is 264 g/mol. The molecule has 0 aliphatic heterocycles. The average Bonchev–Trinajstić information content (AvgIpc) is 2.30. The molecule has 0 spiro atoms. The van der Waals surface area contributed by atoms with E-state index in [-0.39, 0.29) is 5.28 Å². The second kappa shape index (κ2) is 5.17. The van der Waals surface area contributed by atoms with Gasteiger partial charge in [-0.05, 0) is 23.7 Å². The second-order valence-electron chi connectivity index (χ2n) is 3.02. The third-order valence-electron chi connectivity index (χ3n) is 1.91. The minimum Gasteiger partial charge on any atom is -0.289 e. The van der Waals surface area contributed by atoms with Gasteiger partial charge in [0.25, 0.3) is 11.3 Å². The Bertz CT molecular complexity index is 532. The van der Waals surface area contributed by atoms with E-state index in [1.165, 1.54) is 0 Å². The summed E-state index contributed by atoms with van der Waals surface area (Å²) in [5, 5.41) is 0.177. The summed E-state index contributed by atoms with van der Waals surface area (Å²) in [5.74, 6) is 0.310. The molecule has 1 unspecified atom stereocenters. The molecule has 0 bridgehead atoms. The molecule has 0 saturated carbocycles. The Morgan fingerprint density at radius 3 is 2.29 bits per heavy atom. The summed E-state index contributed by atoms with van der Waals surface area (Å²) < 4.78 is 21.4. The molecule has 88 valence electrons. The lowest BCUT2D eigenvalue weighted by Crippen LogP contribution is -2.03. The first-order valence-corrected chi connectivity index (χ1v) is 5.95. The lowest BCUT2D eigenvalue weighted by atomic mass is 10.1. The number of rotatable bonds is 3. The van der Waals surface area contributed by atoms with Crippen molar-refractivity contribution in [1.29, 1.82) is 0 Å². The van der Waals surface area contributed by atoms with Gasteiger partial charge in [-0.3, -0.25) is 9.27 Å². The van der Waals surface area contributed by atoms with Crippen molar-refractivity contribution in [3.63, 3.8) is 0 Å². The first-order valence-electron chi connectivity index (χ1n) is 4.46. The van der Waals surface area contributed by atoms with Crippen LogP contribution in [-0.2, 0) is 11.3 Å². The number of nitrogens with zero attached hydrogens (tertiary/aromatic N) is 3. The highest BCUT2D eigenvalue weighted by atomic mass is 35.5. The molecule has 8 heteroatoms. The van der Waals surface area contributed by atoms with Crippen LogP contribution >= 0.6 is 11.6 Å². The van der Waals surface area contributed by atoms with Gasteiger partial charge in [-0.15, -0.1) is 0 Å². The third-order valence-corrected chi connectivity index (χ3v) is 2.49. The molecule has 6 nitrogen and oxygen atoms in total. The molecule has 0 aliphatic carbocycles. The third kappa shape index (κ3) is 3.19. The highest BCUT2D eigenvalue weighted by Gasteiger charge is 2.01. The van der Waals surface area contributed by atoms with Crippen LogP contribution in [0.5, 0.6) is 0 Å². The first-order chi connectivity index (χ1) is 8.15. The lowest BCUT2D eigenvalue weighted by molar-refractivity contribution is 0.570. The highest BCUT2D eigenvalue weighted by Crippen LogP contribution is 2.18. The first kappa shape index (κ1) is 11.9. The summed E-state index contributed by atoms with van der Waals surface area (Å²) >= 11 is 3.45. The normalized spacial score (nSPS) is 12.1. The van der Waals surface area contributed by atoms with Crippen molar-refractivity contribution in [3.8, 4) is 11.1 Å². The number of halogens is 1. The van der Waals surface area contributed by atoms with Crippen LogP contribution in [-0.4, -0.2) is 23.7 Å². The Balaban J connectivity index is 2.23. The van der Waals surface area contributed by atoms with Crippen LogP contribution in [0.25, 0.3) is 11.1 Å². The molecule has 2 aromatic rings. The standard InChI is InChI=1S/C9H7ClN4O2S/c10-9-12-4-7(5-13-9)6-1-2-8(11-3-6)14-17(15)16/h1-5H,(H,11,14)(H,15,16). The summed E-state index contributed by atoms with van der Waals surface area (Å²) in [6.07, 6.45) is 4.69. The van der Waals surface area contributed by atoms with E-state index in [0.29, 0.717) is 5.82 Å². The van der Waals surface area contributed by atoms with Gasteiger partial charge in [0.1, 0.15) is 5.82 Å². The van der Waals surface area contributed by atoms with Crippen molar-refractivity contribution in [1.82, 2.24) is 15.0 Å². The van der Waals surface area contributed by atoms with Crippen LogP contribution in [0, 0.1) is 0 Å². The van der Waals surface area contributed by atoms with Gasteiger partial charge in [-0.2, -0.15) is 0 Å². The smallest absolute Gasteiger partial charge is 0.260 e. The molecule has 0 amide bonds. The van der Waals surface area contributed by atoms with E-state index in [9.17, 15) is 4.21 Å². The van der Waals surface area contributed by atoms with E-state index < -0.39 is 11.3 Å². The van der Waals surface area contributed by atoms with Crippen LogP contribution in [0.2, 0.25) is 5.28 Å². The van der Waals surface area contributed by atoms with Crippen LogP contribution in [0.1, 0.15) is 0 Å². The molecule has 0 aliphatic rings. The zero-order valence-electron chi connectivity index (χ0n) is 8.37. The largest absolute Gasteiger partial charge is 0.289 e. The Hall–Kier alpha value is -1.57. The van der Waals surface area contributed by atoms with E-state index in [1.807, 2.05) is 0 Å². The minimum absolute atomic E-state index is 0.177. The van der Waals surface area contributed by atoms with Crippen molar-refractivity contribution >= 4 is 28.7 Å². The molecule has 0 radical (unpaired) electrons. The topological polar surface area (TPSA) is 88.0 Å². The predicted molar refractivity (Wildman–Crippen MR) is 64.7 cm³/mol. The Labute approximate surface area is 105 Å². The molecule has 1 atom stereocenters. The monoisotopic (exact) mass is 270 g/mol. The summed E-state index contributed by atoms with van der Waals surface area (Å²) in [4.78, 5) is 11.7. The summed E-state index contributed by atoms with van der Waals surface area (Å²) in [7, 11) is 0. The number of hydrogen-bond donors (Lipinski definition) is 2. The fourth-order valence-electron chi connectivity index (χ4n) is 1.18. The highest BCUT2D eigenvalue weighted by molar-refractivity contribution is 7.80. The number of anilines is 1. The minimum atomic E-state index is -2.13. The van der Waals surface area contributed by atoms with Crippen LogP contribution in [0.3, 0.4) is 0 Å². The van der Waals surface area contributed by atoms with E-state index >= 15 is 0 Å². The van der Waals surface area contributed by atoms with Gasteiger partial charge >= 0.3 is 0 Å². The number of nitrogens with one attached hydrogen (secondary N) is 1. The molecule has 2 rings (SSSR count). The van der Waals surface area contributed by atoms with Gasteiger partial charge in [-0.1, -0.05) is 0 Å². The Morgan fingerprint density at radius 2 is 1.76 bits per heavy atom. The molecule has 2 aromatic heterocycles. The van der Waals surface area contributed by atoms with Crippen molar-refractivity contribution in [2.45, 2.75) is 0 Å². The molecular formula is C9H7ClN4O2S. The summed E-state index contributed by atoms with van der Waals surface area (Å²) in [6, 6.07) is 3.31. The SMILES string of the molecule is O=S(O)Nc1ccc(-c2cnc(Cl)nc2)cn1. The maximum absolute atomic E-state index is 10.5. The quantitative estimate of drug-likeness (QED) is 0.655. The average molecular weight is 271 g/mol. The fraction of sp³-hybridized carbons (Fsp3) is 0. The number of hydrogen-bond acceptors (Lipinski definition) is 4. The fourth-order valence-corrected chi connectivity index (χ4v) is 1.57. The van der Waals surface area contributed by atoms with Gasteiger partial charge in [0.15, 0.2) is 0 Å². The molecule has 0 fully saturated rings. The van der Waals surface area contributed by atoms with Gasteiger partial charge in [0, 0.05) is 29.7 Å². The van der Waals surface area contributed by atoms with E-state index in [1.54, 1.807) is 30.7 Å². The van der Waals surface area contributed by atoms with Gasteiger partial charge in [0.2, 0.25) is 5.28 Å². The molecule has 0 aromatic carbocycles. The molecule has 2 heterocycles. The van der Waals surface area contributed by atoms with Crippen molar-refractivity contribution in [3.05, 3.63) is 36.0 Å². The van der Waals surface area contributed by atoms with Crippen molar-refractivity contribution < 1.29 is 8.76 Å². The van der Waals surface area contributed by atoms with E-state index in [0.717, 1.165) is 11.1 Å². The lowest BCUT2D eigenvalue weighted by Gasteiger charge is -2.02. The van der Waals surface area contributed by atoms with E-state index in [4.69, 9.17) is 16.2 Å². The predicted octanol–water partition coefficient (Wildman–Crippen LogP) is 1.74. The van der Waals surface area contributed by atoms with Crippen molar-refractivity contribution in [2.24, 2.45) is 0 Å². The summed E-state index contributed by atoms with van der Waals surface area (Å²) in [6.45, 7) is 0. The number of aromatic nitrogens is 3. The van der Waals surface area contributed by atoms with Gasteiger partial charge < -0.3 is 0 Å². The van der Waals surface area contributed by atoms with Crippen LogP contribution in [0.4, 0.5) is 5.82 Å². The van der Waals surface area contributed by atoms with Crippen LogP contribution in [0.15, 0.2) is 30.7 Å². The van der Waals surface area contributed by atoms with Crippen molar-refractivity contribution in [2.75, 3.05) is 4.72 Å². The maximum atomic E-state index is 10.5. The van der Waals surface area contributed by atoms with Gasteiger partial charge in [0.05, 0.1) is 0 Å². The Kier molecular flexibility index (Phi) is 3.62. The summed E-state index contributed by atoms with van der Waals surface area (Å²) in [5.41, 5.74) is 1.55. The molecule has 0 saturated heterocycles. The van der Waals surface area contributed by atoms with Crippen LogP contribution < -0.4 is 4.72 Å². The maximum Gasteiger partial charge on any atom is 0.260 e. The molecule has 2 N–H and O–H groups in total. The molecule has 17 heavy (non-hydrogen) atoms.